The zero-order chi connectivity index (χ0) is 25.5. The molecule has 0 saturated heterocycles. The molecule has 2 atom stereocenters. The van der Waals surface area contributed by atoms with E-state index in [1.807, 2.05) is 13.8 Å². The Kier molecular flexibility index (Phi) is 9.71. The molecule has 0 saturated carbocycles. The molecule has 2 aromatic rings. The minimum atomic E-state index is -1.06. The van der Waals surface area contributed by atoms with E-state index in [9.17, 15) is 23.8 Å². The number of carbonyl (C=O) groups is 1. The van der Waals surface area contributed by atoms with Crippen molar-refractivity contribution in [2.45, 2.75) is 65.3 Å². The molecule has 184 valence electrons. The maximum atomic E-state index is 13.6. The van der Waals surface area contributed by atoms with E-state index < -0.39 is 23.8 Å². The first-order valence-corrected chi connectivity index (χ1v) is 11.4. The zero-order valence-electron chi connectivity index (χ0n) is 20.4. The molecule has 2 aromatic carbocycles. The topological polar surface area (TPSA) is 66.8 Å². The van der Waals surface area contributed by atoms with E-state index in [1.54, 1.807) is 57.2 Å². The third kappa shape index (κ3) is 8.84. The Labute approximate surface area is 200 Å². The lowest BCUT2D eigenvalue weighted by atomic mass is 9.87. The van der Waals surface area contributed by atoms with Crippen molar-refractivity contribution in [2.24, 2.45) is 5.92 Å². The van der Waals surface area contributed by atoms with Gasteiger partial charge in [-0.2, -0.15) is 0 Å². The highest BCUT2D eigenvalue weighted by atomic mass is 19.1. The van der Waals surface area contributed by atoms with Gasteiger partial charge in [-0.25, -0.2) is 8.78 Å². The van der Waals surface area contributed by atoms with Crippen molar-refractivity contribution < 1.29 is 28.5 Å². The summed E-state index contributed by atoms with van der Waals surface area (Å²) < 4.78 is 32.3. The van der Waals surface area contributed by atoms with Crippen molar-refractivity contribution in [3.63, 3.8) is 0 Å². The number of halogens is 2. The van der Waals surface area contributed by atoms with Gasteiger partial charge in [-0.1, -0.05) is 50.3 Å². The first kappa shape index (κ1) is 27.4. The maximum Gasteiger partial charge on any atom is 0.308 e. The monoisotopic (exact) mass is 472 g/mol. The average molecular weight is 473 g/mol. The number of ether oxygens (including phenoxy) is 1. The van der Waals surface area contributed by atoms with Gasteiger partial charge >= 0.3 is 5.97 Å². The van der Waals surface area contributed by atoms with Crippen molar-refractivity contribution in [3.8, 4) is 0 Å². The molecule has 2 unspecified atom stereocenters. The summed E-state index contributed by atoms with van der Waals surface area (Å²) in [6.45, 7) is 9.20. The second kappa shape index (κ2) is 12.0. The Morgan fingerprint density at radius 3 is 1.82 bits per heavy atom. The number of hydrogen-bond acceptors (Lipinski definition) is 4. The van der Waals surface area contributed by atoms with E-state index in [0.717, 1.165) is 22.3 Å². The van der Waals surface area contributed by atoms with Crippen LogP contribution in [0.3, 0.4) is 0 Å². The summed E-state index contributed by atoms with van der Waals surface area (Å²) in [6, 6.07) is 12.1. The van der Waals surface area contributed by atoms with Gasteiger partial charge in [0.2, 0.25) is 0 Å². The normalized spacial score (nSPS) is 13.7. The molecule has 0 aliphatic rings. The highest BCUT2D eigenvalue weighted by molar-refractivity contribution is 5.83. The molecule has 0 heterocycles. The Balaban J connectivity index is 2.32. The van der Waals surface area contributed by atoms with Gasteiger partial charge in [-0.3, -0.25) is 4.79 Å². The third-order valence-corrected chi connectivity index (χ3v) is 5.01. The van der Waals surface area contributed by atoms with Crippen molar-refractivity contribution in [2.75, 3.05) is 0 Å². The van der Waals surface area contributed by atoms with E-state index >= 15 is 0 Å². The average Bonchev–Trinajstić information content (AvgIpc) is 2.71. The van der Waals surface area contributed by atoms with Crippen LogP contribution in [0.5, 0.6) is 0 Å². The molecular weight excluding hydrogens is 438 g/mol. The smallest absolute Gasteiger partial charge is 0.308 e. The lowest BCUT2D eigenvalue weighted by Gasteiger charge is -2.21. The molecule has 34 heavy (non-hydrogen) atoms. The predicted octanol–water partition coefficient (Wildman–Crippen LogP) is 5.82. The summed E-state index contributed by atoms with van der Waals surface area (Å²) in [4.78, 5) is 11.9. The minimum absolute atomic E-state index is 0.0141. The van der Waals surface area contributed by atoms with Crippen LogP contribution >= 0.6 is 0 Å². The molecule has 6 heteroatoms. The van der Waals surface area contributed by atoms with Gasteiger partial charge in [0.15, 0.2) is 0 Å². The minimum Gasteiger partial charge on any atom is -0.460 e. The Morgan fingerprint density at radius 2 is 1.41 bits per heavy atom. The van der Waals surface area contributed by atoms with Crippen molar-refractivity contribution >= 4 is 11.5 Å². The van der Waals surface area contributed by atoms with Gasteiger partial charge < -0.3 is 14.9 Å². The number of rotatable bonds is 9. The Bertz CT molecular complexity index is 953. The number of aliphatic hydroxyl groups is 2. The van der Waals surface area contributed by atoms with Gasteiger partial charge in [-0.05, 0) is 73.2 Å². The van der Waals surface area contributed by atoms with Crippen LogP contribution in [0.15, 0.2) is 66.3 Å². The van der Waals surface area contributed by atoms with Crippen molar-refractivity contribution in [1.82, 2.24) is 0 Å². The molecule has 0 fully saturated rings. The Morgan fingerprint density at radius 1 is 0.941 bits per heavy atom. The second-order valence-corrected chi connectivity index (χ2v) is 9.61. The predicted molar refractivity (Wildman–Crippen MR) is 130 cm³/mol. The van der Waals surface area contributed by atoms with Crippen LogP contribution in [-0.2, 0) is 9.53 Å². The third-order valence-electron chi connectivity index (χ3n) is 5.01. The zero-order valence-corrected chi connectivity index (χ0v) is 20.4. The summed E-state index contributed by atoms with van der Waals surface area (Å²) in [7, 11) is 0. The molecule has 2 rings (SSSR count). The lowest BCUT2D eigenvalue weighted by Crippen LogP contribution is -2.27. The number of carbonyl (C=O) groups excluding carboxylic acids is 1. The summed E-state index contributed by atoms with van der Waals surface area (Å²) in [5.41, 5.74) is 2.48. The van der Waals surface area contributed by atoms with Gasteiger partial charge in [0.1, 0.15) is 17.2 Å². The van der Waals surface area contributed by atoms with Crippen molar-refractivity contribution in [3.05, 3.63) is 89.0 Å². The van der Waals surface area contributed by atoms with Crippen LogP contribution in [0, 0.1) is 17.6 Å². The SMILES string of the molecule is CC(C)C(/C=C/C(O)CC(O)CC(=O)OC(C)(C)C)=C(c1ccc(F)cc1)c1ccc(F)cc1. The van der Waals surface area contributed by atoms with Crippen LogP contribution in [0.1, 0.15) is 58.6 Å². The van der Waals surface area contributed by atoms with Crippen molar-refractivity contribution in [1.29, 1.82) is 0 Å². The van der Waals surface area contributed by atoms with E-state index in [2.05, 4.69) is 0 Å². The summed E-state index contributed by atoms with van der Waals surface area (Å²) in [5, 5.41) is 20.7. The van der Waals surface area contributed by atoms with E-state index in [1.165, 1.54) is 24.3 Å². The summed E-state index contributed by atoms with van der Waals surface area (Å²) in [6.07, 6.45) is 0.997. The molecule has 0 aliphatic heterocycles. The molecular formula is C28H34F2O4. The largest absolute Gasteiger partial charge is 0.460 e. The fourth-order valence-electron chi connectivity index (χ4n) is 3.53. The van der Waals surface area contributed by atoms with E-state index in [4.69, 9.17) is 4.74 Å². The lowest BCUT2D eigenvalue weighted by molar-refractivity contribution is -0.157. The number of esters is 1. The second-order valence-electron chi connectivity index (χ2n) is 9.61. The van der Waals surface area contributed by atoms with Gasteiger partial charge in [0.25, 0.3) is 0 Å². The van der Waals surface area contributed by atoms with E-state index in [-0.39, 0.29) is 30.4 Å². The molecule has 4 nitrogen and oxygen atoms in total. The highest BCUT2D eigenvalue weighted by Crippen LogP contribution is 2.32. The van der Waals surface area contributed by atoms with Gasteiger partial charge in [0.05, 0.1) is 18.6 Å². The van der Waals surface area contributed by atoms with Crippen LogP contribution < -0.4 is 0 Å². The Hall–Kier alpha value is -2.83. The van der Waals surface area contributed by atoms with Crippen LogP contribution in [0.4, 0.5) is 8.78 Å². The van der Waals surface area contributed by atoms with Crippen LogP contribution in [0.2, 0.25) is 0 Å². The molecule has 0 spiro atoms. The summed E-state index contributed by atoms with van der Waals surface area (Å²) >= 11 is 0. The van der Waals surface area contributed by atoms with Crippen LogP contribution in [-0.4, -0.2) is 34.0 Å². The van der Waals surface area contributed by atoms with Gasteiger partial charge in [-0.15, -0.1) is 0 Å². The van der Waals surface area contributed by atoms with Crippen LogP contribution in [0.25, 0.3) is 5.57 Å². The first-order chi connectivity index (χ1) is 15.9. The molecule has 0 bridgehead atoms. The molecule has 2 N–H and O–H groups in total. The molecule has 0 aliphatic carbocycles. The fraction of sp³-hybridized carbons (Fsp3) is 0.393. The first-order valence-electron chi connectivity index (χ1n) is 11.4. The van der Waals surface area contributed by atoms with Gasteiger partial charge in [0, 0.05) is 6.42 Å². The highest BCUT2D eigenvalue weighted by Gasteiger charge is 2.21. The number of hydrogen-bond donors (Lipinski definition) is 2. The van der Waals surface area contributed by atoms with E-state index in [0.29, 0.717) is 0 Å². The fourth-order valence-corrected chi connectivity index (χ4v) is 3.53. The molecule has 0 aromatic heterocycles. The molecule has 0 radical (unpaired) electrons. The number of aliphatic hydroxyl groups excluding tert-OH is 2. The quantitative estimate of drug-likeness (QED) is 0.356. The summed E-state index contributed by atoms with van der Waals surface area (Å²) in [5.74, 6) is -1.24. The maximum absolute atomic E-state index is 13.6. The number of allylic oxidation sites excluding steroid dienone is 2. The molecule has 0 amide bonds. The number of benzene rings is 2. The standard InChI is InChI=1S/C28H34F2O4/c1-18(2)25(15-14-23(31)16-24(32)17-26(33)34-28(3,4)5)27(19-6-10-21(29)11-7-19)20-8-12-22(30)13-9-20/h6-15,18,23-24,31-32H,16-17H2,1-5H3/b15-14+.